The van der Waals surface area contributed by atoms with E-state index in [1.807, 2.05) is 25.1 Å². The van der Waals surface area contributed by atoms with Crippen LogP contribution in [0.2, 0.25) is 5.02 Å². The Kier molecular flexibility index (Phi) is 5.26. The summed E-state index contributed by atoms with van der Waals surface area (Å²) in [7, 11) is 0. The van der Waals surface area contributed by atoms with Gasteiger partial charge in [0.1, 0.15) is 5.57 Å². The van der Waals surface area contributed by atoms with Crippen molar-refractivity contribution in [3.05, 3.63) is 101 Å². The Hall–Kier alpha value is -4.23. The molecule has 0 unspecified atom stereocenters. The smallest absolute Gasteiger partial charge is 0.331 e. The molecule has 1 aliphatic rings. The Morgan fingerprint density at radius 2 is 1.56 bits per heavy atom. The van der Waals surface area contributed by atoms with Crippen molar-refractivity contribution in [3.63, 3.8) is 0 Å². The van der Waals surface area contributed by atoms with Crippen LogP contribution in [0.1, 0.15) is 16.8 Å². The van der Waals surface area contributed by atoms with Gasteiger partial charge in [-0.25, -0.2) is 9.58 Å². The number of imide groups is 1. The van der Waals surface area contributed by atoms with Crippen LogP contribution < -0.4 is 14.6 Å². The third kappa shape index (κ3) is 3.47. The summed E-state index contributed by atoms with van der Waals surface area (Å²) in [5, 5.41) is 18.3. The lowest BCUT2D eigenvalue weighted by Crippen LogP contribution is -2.39. The molecule has 2 aromatic heterocycles. The van der Waals surface area contributed by atoms with Crippen LogP contribution in [0.3, 0.4) is 0 Å². The highest BCUT2D eigenvalue weighted by atomic mass is 35.5. The van der Waals surface area contributed by atoms with Crippen molar-refractivity contribution in [2.75, 3.05) is 4.90 Å². The van der Waals surface area contributed by atoms with Crippen LogP contribution in [-0.2, 0) is 9.59 Å². The Bertz CT molecular complexity index is 1470. The number of amides is 2. The number of pyridine rings is 1. The summed E-state index contributed by atoms with van der Waals surface area (Å²) in [5.41, 5.74) is 2.40. The number of carbonyl (C=O) groups is 2. The highest BCUT2D eigenvalue weighted by Crippen LogP contribution is 2.38. The summed E-state index contributed by atoms with van der Waals surface area (Å²) in [5.74, 6) is -1.64. The lowest BCUT2D eigenvalue weighted by molar-refractivity contribution is -0.576. The number of benzene rings is 2. The molecular formula is C26H19ClN4O3. The van der Waals surface area contributed by atoms with Crippen molar-refractivity contribution < 1.29 is 19.3 Å². The number of para-hydroxylation sites is 1. The van der Waals surface area contributed by atoms with Gasteiger partial charge in [0, 0.05) is 22.7 Å². The van der Waals surface area contributed by atoms with Gasteiger partial charge in [-0.3, -0.25) is 9.59 Å². The maximum atomic E-state index is 13.7. The first-order chi connectivity index (χ1) is 16.4. The molecule has 0 aliphatic carbocycles. The first-order valence-corrected chi connectivity index (χ1v) is 10.9. The van der Waals surface area contributed by atoms with Gasteiger partial charge in [0.15, 0.2) is 12.4 Å². The number of aromatic nitrogens is 3. The molecule has 168 valence electrons. The summed E-state index contributed by atoms with van der Waals surface area (Å²) in [6.45, 7) is 3.57. The predicted octanol–water partition coefficient (Wildman–Crippen LogP) is 3.45. The largest absolute Gasteiger partial charge is 0.858 e. The normalized spacial score (nSPS) is 13.8. The van der Waals surface area contributed by atoms with Crippen LogP contribution in [0.15, 0.2) is 79.1 Å². The van der Waals surface area contributed by atoms with E-state index in [0.29, 0.717) is 22.1 Å². The monoisotopic (exact) mass is 470 g/mol. The van der Waals surface area contributed by atoms with E-state index in [1.165, 1.54) is 10.7 Å². The van der Waals surface area contributed by atoms with Gasteiger partial charge in [-0.15, -0.1) is 0 Å². The summed E-state index contributed by atoms with van der Waals surface area (Å²) in [6.07, 6.45) is 3.39. The number of anilines is 1. The molecule has 0 bridgehead atoms. The van der Waals surface area contributed by atoms with E-state index < -0.39 is 17.7 Å². The van der Waals surface area contributed by atoms with Crippen LogP contribution in [-0.4, -0.2) is 21.6 Å². The average molecular weight is 471 g/mol. The number of hydrogen-bond acceptors (Lipinski definition) is 4. The number of hydrogen-bond donors (Lipinski definition) is 0. The minimum Gasteiger partial charge on any atom is -0.858 e. The summed E-state index contributed by atoms with van der Waals surface area (Å²) >= 11 is 6.13. The topological polar surface area (TPSA) is 82.1 Å². The molecule has 1 aliphatic heterocycles. The molecule has 0 N–H and O–H groups in total. The fourth-order valence-electron chi connectivity index (χ4n) is 4.02. The van der Waals surface area contributed by atoms with Crippen molar-refractivity contribution in [2.24, 2.45) is 0 Å². The van der Waals surface area contributed by atoms with Gasteiger partial charge < -0.3 is 5.11 Å². The van der Waals surface area contributed by atoms with Crippen LogP contribution in [0.4, 0.5) is 5.69 Å². The predicted molar refractivity (Wildman–Crippen MR) is 126 cm³/mol. The molecule has 0 spiro atoms. The molecule has 8 heteroatoms. The van der Waals surface area contributed by atoms with E-state index in [9.17, 15) is 14.7 Å². The first kappa shape index (κ1) is 21.6. The van der Waals surface area contributed by atoms with E-state index in [0.717, 1.165) is 10.5 Å². The second-order valence-corrected chi connectivity index (χ2v) is 8.38. The Labute approximate surface area is 200 Å². The van der Waals surface area contributed by atoms with E-state index >= 15 is 0 Å². The third-order valence-corrected chi connectivity index (χ3v) is 5.88. The molecule has 0 saturated carbocycles. The summed E-state index contributed by atoms with van der Waals surface area (Å²) in [6, 6.07) is 19.1. The number of nitrogens with zero attached hydrogens (tertiary/aromatic N) is 4. The molecule has 2 aromatic carbocycles. The third-order valence-electron chi connectivity index (χ3n) is 5.65. The maximum absolute atomic E-state index is 13.7. The SMILES string of the molecule is Cc1cc[n+](C2=C(c3c(C)nn(-c4ccccc4)c3[O-])C(=O)N(c3cccc(Cl)c3)C2=O)cc1. The molecular weight excluding hydrogens is 452 g/mol. The molecule has 7 nitrogen and oxygen atoms in total. The lowest BCUT2D eigenvalue weighted by Gasteiger charge is -2.15. The molecule has 0 fully saturated rings. The van der Waals surface area contributed by atoms with Crippen LogP contribution >= 0.6 is 11.6 Å². The lowest BCUT2D eigenvalue weighted by atomic mass is 10.0. The fraction of sp³-hybridized carbons (Fsp3) is 0.0769. The van der Waals surface area contributed by atoms with E-state index in [4.69, 9.17) is 11.6 Å². The van der Waals surface area contributed by atoms with Gasteiger partial charge >= 0.3 is 5.91 Å². The van der Waals surface area contributed by atoms with Gasteiger partial charge in [0.25, 0.3) is 11.6 Å². The van der Waals surface area contributed by atoms with Crippen molar-refractivity contribution in [2.45, 2.75) is 13.8 Å². The van der Waals surface area contributed by atoms with Crippen molar-refractivity contribution >= 4 is 40.4 Å². The zero-order chi connectivity index (χ0) is 24.0. The van der Waals surface area contributed by atoms with E-state index in [2.05, 4.69) is 5.10 Å². The number of carbonyl (C=O) groups excluding carboxylic acids is 2. The molecule has 0 atom stereocenters. The minimum atomic E-state index is -0.608. The van der Waals surface area contributed by atoms with Gasteiger partial charge in [-0.05, 0) is 55.6 Å². The Morgan fingerprint density at radius 1 is 0.882 bits per heavy atom. The second-order valence-electron chi connectivity index (χ2n) is 7.94. The maximum Gasteiger partial charge on any atom is 0.331 e. The number of halogens is 1. The molecule has 5 rings (SSSR count). The summed E-state index contributed by atoms with van der Waals surface area (Å²) < 4.78 is 2.81. The van der Waals surface area contributed by atoms with Gasteiger partial charge in [0.2, 0.25) is 0 Å². The van der Waals surface area contributed by atoms with Gasteiger partial charge in [0.05, 0.1) is 17.1 Å². The van der Waals surface area contributed by atoms with Crippen molar-refractivity contribution in [3.8, 4) is 11.6 Å². The van der Waals surface area contributed by atoms with E-state index in [-0.39, 0.29) is 16.8 Å². The van der Waals surface area contributed by atoms with Crippen molar-refractivity contribution in [1.29, 1.82) is 0 Å². The molecule has 0 saturated heterocycles. The zero-order valence-corrected chi connectivity index (χ0v) is 19.2. The Morgan fingerprint density at radius 3 is 2.24 bits per heavy atom. The molecule has 34 heavy (non-hydrogen) atoms. The van der Waals surface area contributed by atoms with Gasteiger partial charge in [-0.1, -0.05) is 35.9 Å². The second kappa shape index (κ2) is 8.28. The Balaban J connectivity index is 1.75. The minimum absolute atomic E-state index is 0.00325. The van der Waals surface area contributed by atoms with Crippen LogP contribution in [0.5, 0.6) is 5.88 Å². The molecule has 2 amide bonds. The number of rotatable bonds is 4. The highest BCUT2D eigenvalue weighted by molar-refractivity contribution is 6.53. The highest BCUT2D eigenvalue weighted by Gasteiger charge is 2.47. The van der Waals surface area contributed by atoms with E-state index in [1.54, 1.807) is 66.3 Å². The zero-order valence-electron chi connectivity index (χ0n) is 18.4. The fourth-order valence-corrected chi connectivity index (χ4v) is 4.21. The number of aryl methyl sites for hydroxylation is 2. The van der Waals surface area contributed by atoms with Crippen LogP contribution in [0.25, 0.3) is 17.0 Å². The summed E-state index contributed by atoms with van der Waals surface area (Å²) in [4.78, 5) is 28.4. The van der Waals surface area contributed by atoms with Gasteiger partial charge in [-0.2, -0.15) is 9.67 Å². The van der Waals surface area contributed by atoms with Crippen molar-refractivity contribution in [1.82, 2.24) is 9.78 Å². The quantitative estimate of drug-likeness (QED) is 0.338. The standard InChI is InChI=1S/C26H19ClN4O3/c1-16-11-13-29(14-12-16)23-22(24(32)30(26(23)34)20-10-6-7-18(27)15-20)21-17(2)28-31(25(21)33)19-8-4-3-5-9-19/h3-15H,1-2H3. The molecule has 4 aromatic rings. The average Bonchev–Trinajstić information content (AvgIpc) is 3.26. The van der Waals surface area contributed by atoms with Crippen LogP contribution in [0, 0.1) is 13.8 Å². The molecule has 0 radical (unpaired) electrons. The first-order valence-electron chi connectivity index (χ1n) is 10.6. The molecule has 3 heterocycles.